The number of rotatable bonds is 79. The van der Waals surface area contributed by atoms with Crippen molar-refractivity contribution in [2.75, 3.05) is 39.6 Å². The van der Waals surface area contributed by atoms with Gasteiger partial charge in [0.2, 0.25) is 0 Å². The zero-order valence-electron chi connectivity index (χ0n) is 64.8. The molecule has 0 saturated heterocycles. The van der Waals surface area contributed by atoms with Crippen LogP contribution in [0.2, 0.25) is 0 Å². The van der Waals surface area contributed by atoms with Crippen LogP contribution in [0.25, 0.3) is 0 Å². The van der Waals surface area contributed by atoms with Crippen LogP contribution < -0.4 is 0 Å². The normalized spacial score (nSPS) is 14.2. The Morgan fingerprint density at radius 3 is 0.768 bits per heavy atom. The molecule has 0 heterocycles. The van der Waals surface area contributed by atoms with Crippen molar-refractivity contribution >= 4 is 39.5 Å². The van der Waals surface area contributed by atoms with Crippen LogP contribution in [0.5, 0.6) is 0 Å². The van der Waals surface area contributed by atoms with Gasteiger partial charge in [0, 0.05) is 25.7 Å². The van der Waals surface area contributed by atoms with Crippen LogP contribution in [0, 0.1) is 11.8 Å². The quantitative estimate of drug-likeness (QED) is 0.0222. The van der Waals surface area contributed by atoms with Gasteiger partial charge in [0.05, 0.1) is 26.4 Å². The minimum atomic E-state index is -4.96. The molecule has 6 atom stereocenters. The lowest BCUT2D eigenvalue weighted by molar-refractivity contribution is -0.161. The van der Waals surface area contributed by atoms with Gasteiger partial charge in [-0.1, -0.05) is 369 Å². The highest BCUT2D eigenvalue weighted by atomic mass is 31.2. The van der Waals surface area contributed by atoms with E-state index in [2.05, 4.69) is 41.5 Å². The van der Waals surface area contributed by atoms with Crippen molar-refractivity contribution in [2.45, 2.75) is 439 Å². The lowest BCUT2D eigenvalue weighted by Gasteiger charge is -2.21. The fourth-order valence-electron chi connectivity index (χ4n) is 12.3. The molecule has 0 rings (SSSR count). The maximum atomic E-state index is 13.1. The van der Waals surface area contributed by atoms with E-state index in [9.17, 15) is 43.2 Å². The molecule has 0 amide bonds. The maximum absolute atomic E-state index is 13.1. The van der Waals surface area contributed by atoms with E-state index in [1.54, 1.807) is 0 Å². The van der Waals surface area contributed by atoms with E-state index < -0.39 is 97.5 Å². The first-order valence-corrected chi connectivity index (χ1v) is 44.5. The first kappa shape index (κ1) is 97.1. The van der Waals surface area contributed by atoms with Gasteiger partial charge in [-0.2, -0.15) is 0 Å². The summed E-state index contributed by atoms with van der Waals surface area (Å²) >= 11 is 0. The van der Waals surface area contributed by atoms with Crippen LogP contribution in [0.4, 0.5) is 0 Å². The Hall–Kier alpha value is -1.94. The molecule has 0 aliphatic rings. The molecule has 19 heteroatoms. The van der Waals surface area contributed by atoms with E-state index in [0.717, 1.165) is 108 Å². The largest absolute Gasteiger partial charge is 0.472 e. The Morgan fingerprint density at radius 1 is 0.293 bits per heavy atom. The molecule has 0 aromatic carbocycles. The molecule has 0 spiro atoms. The van der Waals surface area contributed by atoms with Crippen molar-refractivity contribution in [1.29, 1.82) is 0 Å². The Labute approximate surface area is 607 Å². The first-order valence-electron chi connectivity index (χ1n) is 41.5. The molecular formula is C80H156O17P2. The third kappa shape index (κ3) is 72.8. The minimum absolute atomic E-state index is 0.104. The Kier molecular flexibility index (Phi) is 70.3. The van der Waals surface area contributed by atoms with Gasteiger partial charge in [-0.25, -0.2) is 9.13 Å². The van der Waals surface area contributed by atoms with E-state index in [0.29, 0.717) is 25.7 Å². The van der Waals surface area contributed by atoms with E-state index in [1.165, 1.54) is 231 Å². The van der Waals surface area contributed by atoms with E-state index >= 15 is 0 Å². The number of esters is 4. The lowest BCUT2D eigenvalue weighted by Crippen LogP contribution is -2.30. The van der Waals surface area contributed by atoms with E-state index in [-0.39, 0.29) is 25.7 Å². The topological polar surface area (TPSA) is 237 Å². The van der Waals surface area contributed by atoms with Crippen molar-refractivity contribution in [2.24, 2.45) is 11.8 Å². The van der Waals surface area contributed by atoms with Crippen LogP contribution in [-0.2, 0) is 65.4 Å². The number of phosphoric ester groups is 2. The van der Waals surface area contributed by atoms with Gasteiger partial charge in [0.15, 0.2) is 12.2 Å². The molecule has 0 aliphatic carbocycles. The zero-order chi connectivity index (χ0) is 72.8. The van der Waals surface area contributed by atoms with Crippen LogP contribution in [-0.4, -0.2) is 96.7 Å². The number of ether oxygens (including phenoxy) is 4. The highest BCUT2D eigenvalue weighted by Gasteiger charge is 2.30. The van der Waals surface area contributed by atoms with Crippen molar-refractivity contribution in [3.05, 3.63) is 0 Å². The molecule has 0 aromatic rings. The van der Waals surface area contributed by atoms with Gasteiger partial charge < -0.3 is 33.8 Å². The molecule has 0 fully saturated rings. The zero-order valence-corrected chi connectivity index (χ0v) is 66.6. The van der Waals surface area contributed by atoms with Gasteiger partial charge >= 0.3 is 39.5 Å². The second-order valence-corrected chi connectivity index (χ2v) is 32.4. The summed E-state index contributed by atoms with van der Waals surface area (Å²) in [6, 6.07) is 0. The molecule has 99 heavy (non-hydrogen) atoms. The molecular weight excluding hydrogens is 1290 g/mol. The molecule has 3 N–H and O–H groups in total. The van der Waals surface area contributed by atoms with Crippen molar-refractivity contribution in [3.63, 3.8) is 0 Å². The summed E-state index contributed by atoms with van der Waals surface area (Å²) in [5.74, 6) is -0.666. The highest BCUT2D eigenvalue weighted by Crippen LogP contribution is 2.45. The minimum Gasteiger partial charge on any atom is -0.462 e. The van der Waals surface area contributed by atoms with Crippen molar-refractivity contribution in [3.8, 4) is 0 Å². The predicted octanol–water partition coefficient (Wildman–Crippen LogP) is 23.9. The summed E-state index contributed by atoms with van der Waals surface area (Å²) in [6.45, 7) is 9.53. The average molecular weight is 1450 g/mol. The van der Waals surface area contributed by atoms with Gasteiger partial charge in [-0.05, 0) is 37.5 Å². The van der Waals surface area contributed by atoms with Crippen LogP contribution in [0.15, 0.2) is 0 Å². The number of unbranched alkanes of at least 4 members (excludes halogenated alkanes) is 48. The average Bonchev–Trinajstić information content (AvgIpc) is 1.21. The molecule has 17 nitrogen and oxygen atoms in total. The predicted molar refractivity (Wildman–Crippen MR) is 405 cm³/mol. The molecule has 588 valence electrons. The number of hydrogen-bond donors (Lipinski definition) is 3. The second-order valence-electron chi connectivity index (χ2n) is 29.5. The number of hydrogen-bond acceptors (Lipinski definition) is 15. The number of aliphatic hydroxyl groups is 1. The number of phosphoric acid groups is 2. The molecule has 0 saturated carbocycles. The molecule has 0 bridgehead atoms. The molecule has 0 radical (unpaired) electrons. The SMILES string of the molecule is CCCCCCCCCCCCCCCCCCCCCCCCC(=O)O[C@H](COC(=O)CCCCCCCCCCCCCCCCCC)COP(=O)(O)OC[C@@H](O)COP(=O)(O)OC[C@@H](COC(=O)CCCCCCCCC(C)CC)OC(=O)CCCCCCCCCCC(C)C. The fourth-order valence-corrected chi connectivity index (χ4v) is 13.9. The summed E-state index contributed by atoms with van der Waals surface area (Å²) in [6.07, 6.45) is 61.3. The van der Waals surface area contributed by atoms with Gasteiger partial charge in [-0.3, -0.25) is 37.3 Å². The number of carbonyl (C=O) groups excluding carboxylic acids is 4. The van der Waals surface area contributed by atoms with Crippen LogP contribution in [0.1, 0.15) is 420 Å². The summed E-state index contributed by atoms with van der Waals surface area (Å²) in [7, 11) is -9.92. The summed E-state index contributed by atoms with van der Waals surface area (Å²) in [4.78, 5) is 72.9. The third-order valence-corrected chi connectivity index (χ3v) is 21.0. The van der Waals surface area contributed by atoms with Crippen LogP contribution >= 0.6 is 15.6 Å². The fraction of sp³-hybridized carbons (Fsp3) is 0.950. The van der Waals surface area contributed by atoms with Gasteiger partial charge in [-0.15, -0.1) is 0 Å². The smallest absolute Gasteiger partial charge is 0.462 e. The second kappa shape index (κ2) is 71.7. The number of carbonyl (C=O) groups is 4. The van der Waals surface area contributed by atoms with E-state index in [4.69, 9.17) is 37.0 Å². The summed E-state index contributed by atoms with van der Waals surface area (Å²) in [5.41, 5.74) is 0. The van der Waals surface area contributed by atoms with Crippen molar-refractivity contribution < 1.29 is 80.2 Å². The number of aliphatic hydroxyl groups excluding tert-OH is 1. The Balaban J connectivity index is 5.20. The monoisotopic (exact) mass is 1450 g/mol. The Bertz CT molecular complexity index is 1910. The van der Waals surface area contributed by atoms with Crippen LogP contribution in [0.3, 0.4) is 0 Å². The Morgan fingerprint density at radius 2 is 0.515 bits per heavy atom. The standard InChI is InChI=1S/C80H156O17P2/c1-7-10-12-14-16-18-20-22-24-26-27-28-29-30-31-33-35-37-39-44-52-58-64-79(84)96-75(68-90-77(82)62-56-50-43-38-36-34-32-25-23-21-19-17-15-13-11-8-2)70-94-98(86,87)92-66-74(81)67-93-99(88,89)95-71-76(69-91-78(83)63-57-51-47-46-49-55-61-73(6)9-3)97-80(85)65-59-53-45-41-40-42-48-54-60-72(4)5/h72-76,81H,7-71H2,1-6H3,(H,86,87)(H,88,89)/t73?,74-,75-,76-/m1/s1. The first-order chi connectivity index (χ1) is 47.9. The summed E-state index contributed by atoms with van der Waals surface area (Å²) < 4.78 is 68.6. The van der Waals surface area contributed by atoms with Crippen molar-refractivity contribution in [1.82, 2.24) is 0 Å². The highest BCUT2D eigenvalue weighted by molar-refractivity contribution is 7.47. The van der Waals surface area contributed by atoms with E-state index in [1.807, 2.05) is 0 Å². The van der Waals surface area contributed by atoms with Gasteiger partial charge in [0.1, 0.15) is 19.3 Å². The van der Waals surface area contributed by atoms with Gasteiger partial charge in [0.25, 0.3) is 0 Å². The summed E-state index contributed by atoms with van der Waals surface area (Å²) in [5, 5.41) is 10.6. The lowest BCUT2D eigenvalue weighted by atomic mass is 10.00. The maximum Gasteiger partial charge on any atom is 0.472 e. The molecule has 0 aromatic heterocycles. The third-order valence-electron chi connectivity index (χ3n) is 19.1. The molecule has 3 unspecified atom stereocenters. The molecule has 0 aliphatic heterocycles.